The van der Waals surface area contributed by atoms with Gasteiger partial charge in [-0.25, -0.2) is 0 Å². The maximum absolute atomic E-state index is 11.9. The summed E-state index contributed by atoms with van der Waals surface area (Å²) in [5, 5.41) is 0. The SMILES string of the molecule is CCN(Cc1cccc(C)n1)C(=O)CCCCl. The summed E-state index contributed by atoms with van der Waals surface area (Å²) in [7, 11) is 0. The summed E-state index contributed by atoms with van der Waals surface area (Å²) in [4.78, 5) is 18.1. The van der Waals surface area contributed by atoms with Gasteiger partial charge in [-0.3, -0.25) is 9.78 Å². The van der Waals surface area contributed by atoms with Crippen LogP contribution in [0.15, 0.2) is 18.2 Å². The molecule has 0 fully saturated rings. The average Bonchev–Trinajstić information content (AvgIpc) is 2.33. The minimum absolute atomic E-state index is 0.149. The van der Waals surface area contributed by atoms with Crippen LogP contribution in [0.4, 0.5) is 0 Å². The molecule has 0 saturated heterocycles. The van der Waals surface area contributed by atoms with Crippen LogP contribution in [0.3, 0.4) is 0 Å². The summed E-state index contributed by atoms with van der Waals surface area (Å²) in [5.41, 5.74) is 1.91. The zero-order chi connectivity index (χ0) is 12.7. The minimum Gasteiger partial charge on any atom is -0.337 e. The molecule has 1 heterocycles. The van der Waals surface area contributed by atoms with Crippen LogP contribution in [0, 0.1) is 6.92 Å². The quantitative estimate of drug-likeness (QED) is 0.732. The fourth-order valence-corrected chi connectivity index (χ4v) is 1.77. The summed E-state index contributed by atoms with van der Waals surface area (Å²) >= 11 is 5.59. The van der Waals surface area contributed by atoms with Gasteiger partial charge in [0, 0.05) is 24.5 Å². The fraction of sp³-hybridized carbons (Fsp3) is 0.538. The molecule has 0 radical (unpaired) electrons. The number of rotatable bonds is 6. The molecule has 94 valence electrons. The molecular formula is C13H19ClN2O. The molecule has 0 aliphatic heterocycles. The number of aromatic nitrogens is 1. The van der Waals surface area contributed by atoms with Crippen molar-refractivity contribution in [3.63, 3.8) is 0 Å². The van der Waals surface area contributed by atoms with Gasteiger partial charge in [0.1, 0.15) is 0 Å². The first-order valence-electron chi connectivity index (χ1n) is 5.93. The van der Waals surface area contributed by atoms with Crippen LogP contribution < -0.4 is 0 Å². The predicted octanol–water partition coefficient (Wildman–Crippen LogP) is 2.76. The van der Waals surface area contributed by atoms with Gasteiger partial charge in [-0.05, 0) is 32.4 Å². The molecular weight excluding hydrogens is 236 g/mol. The molecule has 0 N–H and O–H groups in total. The van der Waals surface area contributed by atoms with E-state index in [9.17, 15) is 4.79 Å². The maximum Gasteiger partial charge on any atom is 0.222 e. The van der Waals surface area contributed by atoms with Gasteiger partial charge < -0.3 is 4.90 Å². The Morgan fingerprint density at radius 1 is 1.47 bits per heavy atom. The second kappa shape index (κ2) is 7.28. The summed E-state index contributed by atoms with van der Waals surface area (Å²) < 4.78 is 0. The van der Waals surface area contributed by atoms with Gasteiger partial charge in [0.15, 0.2) is 0 Å². The Kier molecular flexibility index (Phi) is 5.98. The molecule has 3 nitrogen and oxygen atoms in total. The molecule has 0 saturated carbocycles. The van der Waals surface area contributed by atoms with Crippen molar-refractivity contribution in [1.29, 1.82) is 0 Å². The number of aryl methyl sites for hydroxylation is 1. The Hall–Kier alpha value is -1.09. The third-order valence-electron chi connectivity index (χ3n) is 2.56. The van der Waals surface area contributed by atoms with Crippen molar-refractivity contribution in [2.24, 2.45) is 0 Å². The highest BCUT2D eigenvalue weighted by atomic mass is 35.5. The van der Waals surface area contributed by atoms with Crippen molar-refractivity contribution in [2.45, 2.75) is 33.2 Å². The average molecular weight is 255 g/mol. The molecule has 17 heavy (non-hydrogen) atoms. The van der Waals surface area contributed by atoms with E-state index in [0.29, 0.717) is 25.4 Å². The van der Waals surface area contributed by atoms with Gasteiger partial charge >= 0.3 is 0 Å². The number of amides is 1. The number of hydrogen-bond acceptors (Lipinski definition) is 2. The van der Waals surface area contributed by atoms with Crippen molar-refractivity contribution in [3.8, 4) is 0 Å². The number of nitrogens with zero attached hydrogens (tertiary/aromatic N) is 2. The zero-order valence-electron chi connectivity index (χ0n) is 10.4. The number of carbonyl (C=O) groups is 1. The number of halogens is 1. The molecule has 0 aliphatic carbocycles. The number of pyridine rings is 1. The molecule has 0 bridgehead atoms. The first-order valence-corrected chi connectivity index (χ1v) is 6.47. The normalized spacial score (nSPS) is 10.3. The van der Waals surface area contributed by atoms with Crippen LogP contribution in [-0.4, -0.2) is 28.2 Å². The summed E-state index contributed by atoms with van der Waals surface area (Å²) in [5.74, 6) is 0.683. The van der Waals surface area contributed by atoms with E-state index in [1.807, 2.05) is 36.9 Å². The first kappa shape index (κ1) is 14.0. The predicted molar refractivity (Wildman–Crippen MR) is 70.0 cm³/mol. The summed E-state index contributed by atoms with van der Waals surface area (Å²) in [6.45, 7) is 5.22. The first-order chi connectivity index (χ1) is 8.17. The van der Waals surface area contributed by atoms with Crippen LogP contribution in [0.1, 0.15) is 31.2 Å². The maximum atomic E-state index is 11.9. The lowest BCUT2D eigenvalue weighted by Crippen LogP contribution is -2.30. The molecule has 1 rings (SSSR count). The largest absolute Gasteiger partial charge is 0.337 e. The molecule has 0 atom stereocenters. The van der Waals surface area contributed by atoms with Gasteiger partial charge in [-0.2, -0.15) is 0 Å². The van der Waals surface area contributed by atoms with Gasteiger partial charge in [0.25, 0.3) is 0 Å². The lowest BCUT2D eigenvalue weighted by molar-refractivity contribution is -0.131. The Morgan fingerprint density at radius 2 is 2.24 bits per heavy atom. The van der Waals surface area contributed by atoms with E-state index >= 15 is 0 Å². The lowest BCUT2D eigenvalue weighted by atomic mass is 10.2. The van der Waals surface area contributed by atoms with E-state index in [-0.39, 0.29) is 5.91 Å². The van der Waals surface area contributed by atoms with Crippen LogP contribution in [0.2, 0.25) is 0 Å². The number of carbonyl (C=O) groups excluding carboxylic acids is 1. The molecule has 0 aliphatic rings. The highest BCUT2D eigenvalue weighted by molar-refractivity contribution is 6.17. The Balaban J connectivity index is 2.60. The lowest BCUT2D eigenvalue weighted by Gasteiger charge is -2.20. The molecule has 1 amide bonds. The number of hydrogen-bond donors (Lipinski definition) is 0. The van der Waals surface area contributed by atoms with Crippen molar-refractivity contribution in [1.82, 2.24) is 9.88 Å². The van der Waals surface area contributed by atoms with Crippen molar-refractivity contribution < 1.29 is 4.79 Å². The van der Waals surface area contributed by atoms with Crippen LogP contribution in [0.25, 0.3) is 0 Å². The van der Waals surface area contributed by atoms with E-state index in [0.717, 1.165) is 17.8 Å². The van der Waals surface area contributed by atoms with E-state index < -0.39 is 0 Å². The Morgan fingerprint density at radius 3 is 2.82 bits per heavy atom. The minimum atomic E-state index is 0.149. The van der Waals surface area contributed by atoms with Crippen LogP contribution in [-0.2, 0) is 11.3 Å². The topological polar surface area (TPSA) is 33.2 Å². The summed E-state index contributed by atoms with van der Waals surface area (Å²) in [6, 6.07) is 5.87. The van der Waals surface area contributed by atoms with Gasteiger partial charge in [-0.1, -0.05) is 6.07 Å². The fourth-order valence-electron chi connectivity index (χ4n) is 1.64. The van der Waals surface area contributed by atoms with E-state index in [2.05, 4.69) is 4.98 Å². The molecule has 4 heteroatoms. The van der Waals surface area contributed by atoms with Gasteiger partial charge in [0.05, 0.1) is 12.2 Å². The van der Waals surface area contributed by atoms with E-state index in [4.69, 9.17) is 11.6 Å². The van der Waals surface area contributed by atoms with E-state index in [1.165, 1.54) is 0 Å². The van der Waals surface area contributed by atoms with Gasteiger partial charge in [0.2, 0.25) is 5.91 Å². The Labute approximate surface area is 108 Å². The molecule has 0 unspecified atom stereocenters. The van der Waals surface area contributed by atoms with Crippen LogP contribution in [0.5, 0.6) is 0 Å². The van der Waals surface area contributed by atoms with Crippen molar-refractivity contribution in [3.05, 3.63) is 29.6 Å². The third kappa shape index (κ3) is 4.73. The standard InChI is InChI=1S/C13H19ClN2O/c1-3-16(13(17)8-5-9-14)10-12-7-4-6-11(2)15-12/h4,6-7H,3,5,8-10H2,1-2H3. The van der Waals surface area contributed by atoms with Gasteiger partial charge in [-0.15, -0.1) is 11.6 Å². The van der Waals surface area contributed by atoms with Crippen molar-refractivity contribution >= 4 is 17.5 Å². The van der Waals surface area contributed by atoms with Crippen LogP contribution >= 0.6 is 11.6 Å². The molecule has 0 aromatic carbocycles. The smallest absolute Gasteiger partial charge is 0.222 e. The Bertz CT molecular complexity index is 368. The van der Waals surface area contributed by atoms with E-state index in [1.54, 1.807) is 0 Å². The third-order valence-corrected chi connectivity index (χ3v) is 2.82. The zero-order valence-corrected chi connectivity index (χ0v) is 11.2. The second-order valence-corrected chi connectivity index (χ2v) is 4.35. The highest BCUT2D eigenvalue weighted by Gasteiger charge is 2.12. The second-order valence-electron chi connectivity index (χ2n) is 3.97. The van der Waals surface area contributed by atoms with Crippen molar-refractivity contribution in [2.75, 3.05) is 12.4 Å². The highest BCUT2D eigenvalue weighted by Crippen LogP contribution is 2.06. The molecule has 1 aromatic rings. The monoisotopic (exact) mass is 254 g/mol. The molecule has 0 spiro atoms. The molecule has 1 aromatic heterocycles. The number of alkyl halides is 1. The summed E-state index contributed by atoms with van der Waals surface area (Å²) in [6.07, 6.45) is 1.25.